The van der Waals surface area contributed by atoms with E-state index in [0.717, 1.165) is 0 Å². The van der Waals surface area contributed by atoms with Crippen LogP contribution in [-0.2, 0) is 9.47 Å². The summed E-state index contributed by atoms with van der Waals surface area (Å²) in [4.78, 5) is 0. The van der Waals surface area contributed by atoms with E-state index in [0.29, 0.717) is 0 Å². The van der Waals surface area contributed by atoms with Crippen LogP contribution < -0.4 is 0 Å². The van der Waals surface area contributed by atoms with Crippen LogP contribution in [0.3, 0.4) is 0 Å². The van der Waals surface area contributed by atoms with Crippen LogP contribution in [0.4, 0.5) is 0 Å². The third kappa shape index (κ3) is 1.69. The van der Waals surface area contributed by atoms with Gasteiger partial charge in [-0.25, -0.2) is 0 Å². The lowest BCUT2D eigenvalue weighted by molar-refractivity contribution is -0.261. The molecule has 11 heavy (non-hydrogen) atoms. The zero-order chi connectivity index (χ0) is 8.43. The third-order valence-electron chi connectivity index (χ3n) is 1.69. The molecule has 1 aliphatic rings. The number of ether oxygens (including phenoxy) is 2. The summed E-state index contributed by atoms with van der Waals surface area (Å²) < 4.78 is 9.52. The van der Waals surface area contributed by atoms with Crippen LogP contribution in [0, 0.1) is 0 Å². The highest BCUT2D eigenvalue weighted by atomic mass is 16.7. The van der Waals surface area contributed by atoms with Gasteiger partial charge in [-0.2, -0.15) is 0 Å². The molecule has 0 aromatic carbocycles. The summed E-state index contributed by atoms with van der Waals surface area (Å²) in [5.74, 6) is 0. The van der Waals surface area contributed by atoms with Crippen molar-refractivity contribution >= 4 is 0 Å². The van der Waals surface area contributed by atoms with Crippen molar-refractivity contribution < 1.29 is 24.8 Å². The van der Waals surface area contributed by atoms with E-state index >= 15 is 0 Å². The van der Waals surface area contributed by atoms with E-state index in [4.69, 9.17) is 20.1 Å². The van der Waals surface area contributed by atoms with E-state index < -0.39 is 24.6 Å². The molecule has 1 heterocycles. The lowest BCUT2D eigenvalue weighted by Crippen LogP contribution is -2.53. The maximum Gasteiger partial charge on any atom is 0.185 e. The van der Waals surface area contributed by atoms with Crippen molar-refractivity contribution in [1.29, 1.82) is 0 Å². The van der Waals surface area contributed by atoms with Gasteiger partial charge in [0.1, 0.15) is 18.3 Å². The van der Waals surface area contributed by atoms with Gasteiger partial charge in [0.05, 0.1) is 6.61 Å². The Morgan fingerprint density at radius 1 is 1.27 bits per heavy atom. The zero-order valence-electron chi connectivity index (χ0n) is 6.17. The van der Waals surface area contributed by atoms with Gasteiger partial charge in [0, 0.05) is 7.11 Å². The predicted octanol–water partition coefficient (Wildman–Crippen LogP) is -1.93. The van der Waals surface area contributed by atoms with Crippen molar-refractivity contribution in [3.8, 4) is 0 Å². The molecule has 0 aliphatic carbocycles. The Labute approximate surface area is 64.2 Å². The van der Waals surface area contributed by atoms with Crippen LogP contribution in [-0.4, -0.2) is 53.6 Å². The smallest absolute Gasteiger partial charge is 0.185 e. The van der Waals surface area contributed by atoms with Crippen LogP contribution in [0.5, 0.6) is 0 Å². The Hall–Kier alpha value is -0.200. The summed E-state index contributed by atoms with van der Waals surface area (Å²) in [5.41, 5.74) is 0. The largest absolute Gasteiger partial charge is 0.388 e. The quantitative estimate of drug-likeness (QED) is 0.420. The van der Waals surface area contributed by atoms with E-state index in [2.05, 4.69) is 4.74 Å². The Morgan fingerprint density at radius 3 is 2.45 bits per heavy atom. The van der Waals surface area contributed by atoms with Crippen LogP contribution in [0.25, 0.3) is 0 Å². The number of hydrogen-bond donors (Lipinski definition) is 3. The van der Waals surface area contributed by atoms with Crippen molar-refractivity contribution in [1.82, 2.24) is 0 Å². The first-order valence-electron chi connectivity index (χ1n) is 3.35. The SMILES string of the molecule is COC1OC[C@@H](O)C(O)C1O. The molecule has 0 amide bonds. The average molecular weight is 164 g/mol. The zero-order valence-corrected chi connectivity index (χ0v) is 6.17. The molecule has 66 valence electrons. The van der Waals surface area contributed by atoms with Crippen LogP contribution in [0.2, 0.25) is 0 Å². The minimum Gasteiger partial charge on any atom is -0.388 e. The second-order valence-electron chi connectivity index (χ2n) is 2.49. The van der Waals surface area contributed by atoms with Gasteiger partial charge in [-0.05, 0) is 0 Å². The van der Waals surface area contributed by atoms with Crippen LogP contribution in [0.15, 0.2) is 0 Å². The molecule has 0 radical (unpaired) electrons. The first kappa shape index (κ1) is 8.89. The van der Waals surface area contributed by atoms with Crippen molar-refractivity contribution in [3.63, 3.8) is 0 Å². The van der Waals surface area contributed by atoms with Crippen LogP contribution in [0.1, 0.15) is 0 Å². The molecule has 1 aliphatic heterocycles. The summed E-state index contributed by atoms with van der Waals surface area (Å²) in [6.45, 7) is -0.0171. The molecule has 0 bridgehead atoms. The molecule has 0 aromatic rings. The highest BCUT2D eigenvalue weighted by molar-refractivity contribution is 4.81. The highest BCUT2D eigenvalue weighted by Gasteiger charge is 2.37. The predicted molar refractivity (Wildman–Crippen MR) is 34.8 cm³/mol. The number of aliphatic hydroxyl groups is 3. The monoisotopic (exact) mass is 164 g/mol. The Balaban J connectivity index is 2.52. The normalized spacial score (nSPS) is 45.8. The van der Waals surface area contributed by atoms with Gasteiger partial charge in [-0.1, -0.05) is 0 Å². The van der Waals surface area contributed by atoms with Gasteiger partial charge in [0.25, 0.3) is 0 Å². The molecule has 1 fully saturated rings. The topological polar surface area (TPSA) is 79.2 Å². The molecule has 1 saturated heterocycles. The minimum absolute atomic E-state index is 0.0171. The fourth-order valence-electron chi connectivity index (χ4n) is 0.987. The molecular formula is C6H12O5. The van der Waals surface area contributed by atoms with Gasteiger partial charge < -0.3 is 24.8 Å². The standard InChI is InChI=1S/C6H12O5/c1-10-6-5(9)4(8)3(7)2-11-6/h3-9H,2H2,1H3/t3-,4?,5?,6?/m1/s1. The average Bonchev–Trinajstić information content (AvgIpc) is 2.01. The fraction of sp³-hybridized carbons (Fsp3) is 1.00. The van der Waals surface area contributed by atoms with E-state index in [1.807, 2.05) is 0 Å². The molecule has 3 N–H and O–H groups in total. The summed E-state index contributed by atoms with van der Waals surface area (Å²) in [6, 6.07) is 0. The number of rotatable bonds is 1. The van der Waals surface area contributed by atoms with Crippen molar-refractivity contribution in [3.05, 3.63) is 0 Å². The highest BCUT2D eigenvalue weighted by Crippen LogP contribution is 2.15. The molecule has 4 atom stereocenters. The van der Waals surface area contributed by atoms with Gasteiger partial charge in [0.15, 0.2) is 6.29 Å². The second kappa shape index (κ2) is 3.46. The number of aliphatic hydroxyl groups excluding tert-OH is 3. The second-order valence-corrected chi connectivity index (χ2v) is 2.49. The maximum absolute atomic E-state index is 9.15. The summed E-state index contributed by atoms with van der Waals surface area (Å²) >= 11 is 0. The molecule has 1 rings (SSSR count). The van der Waals surface area contributed by atoms with Crippen LogP contribution >= 0.6 is 0 Å². The molecular weight excluding hydrogens is 152 g/mol. The maximum atomic E-state index is 9.15. The van der Waals surface area contributed by atoms with Crippen molar-refractivity contribution in [2.75, 3.05) is 13.7 Å². The first-order chi connectivity index (χ1) is 5.16. The summed E-state index contributed by atoms with van der Waals surface area (Å²) in [6.07, 6.45) is -4.23. The van der Waals surface area contributed by atoms with Gasteiger partial charge in [-0.3, -0.25) is 0 Å². The molecule has 0 aromatic heterocycles. The fourth-order valence-corrected chi connectivity index (χ4v) is 0.987. The number of methoxy groups -OCH3 is 1. The van der Waals surface area contributed by atoms with Crippen molar-refractivity contribution in [2.45, 2.75) is 24.6 Å². The Kier molecular flexibility index (Phi) is 2.80. The van der Waals surface area contributed by atoms with Gasteiger partial charge in [0.2, 0.25) is 0 Å². The van der Waals surface area contributed by atoms with E-state index in [-0.39, 0.29) is 6.61 Å². The molecule has 5 heteroatoms. The third-order valence-corrected chi connectivity index (χ3v) is 1.69. The summed E-state index contributed by atoms with van der Waals surface area (Å²) in [5, 5.41) is 27.2. The molecule has 3 unspecified atom stereocenters. The van der Waals surface area contributed by atoms with E-state index in [1.165, 1.54) is 7.11 Å². The lowest BCUT2D eigenvalue weighted by Gasteiger charge is -2.33. The minimum atomic E-state index is -1.19. The van der Waals surface area contributed by atoms with E-state index in [9.17, 15) is 0 Å². The first-order valence-corrected chi connectivity index (χ1v) is 3.35. The van der Waals surface area contributed by atoms with Gasteiger partial charge >= 0.3 is 0 Å². The number of hydrogen-bond acceptors (Lipinski definition) is 5. The van der Waals surface area contributed by atoms with E-state index in [1.54, 1.807) is 0 Å². The molecule has 0 spiro atoms. The Bertz CT molecular complexity index is 126. The Morgan fingerprint density at radius 2 is 1.91 bits per heavy atom. The summed E-state index contributed by atoms with van der Waals surface area (Å²) in [7, 11) is 1.36. The molecule has 0 saturated carbocycles. The lowest BCUT2D eigenvalue weighted by atomic mass is 10.1. The van der Waals surface area contributed by atoms with Crippen molar-refractivity contribution in [2.24, 2.45) is 0 Å². The van der Waals surface area contributed by atoms with Gasteiger partial charge in [-0.15, -0.1) is 0 Å². The molecule has 5 nitrogen and oxygen atoms in total.